The molecule has 0 aromatic rings. The molecule has 2 unspecified atom stereocenters. The van der Waals surface area contributed by atoms with E-state index < -0.39 is 0 Å². The van der Waals surface area contributed by atoms with Gasteiger partial charge in [0.15, 0.2) is 0 Å². The lowest BCUT2D eigenvalue weighted by atomic mass is 10.0. The lowest BCUT2D eigenvalue weighted by Gasteiger charge is -2.22. The molecule has 0 saturated carbocycles. The van der Waals surface area contributed by atoms with Crippen LogP contribution in [-0.4, -0.2) is 36.2 Å². The SMILES string of the molecule is CCC(O)CCNC(=O)C1CCCCN1.Cl. The molecule has 0 spiro atoms. The van der Waals surface area contributed by atoms with E-state index in [1.165, 1.54) is 6.42 Å². The van der Waals surface area contributed by atoms with E-state index in [1.807, 2.05) is 6.92 Å². The highest BCUT2D eigenvalue weighted by Crippen LogP contribution is 2.06. The number of amides is 1. The Morgan fingerprint density at radius 3 is 2.88 bits per heavy atom. The van der Waals surface area contributed by atoms with Crippen LogP contribution in [0.15, 0.2) is 0 Å². The number of halogens is 1. The van der Waals surface area contributed by atoms with Crippen LogP contribution in [-0.2, 0) is 4.79 Å². The van der Waals surface area contributed by atoms with Gasteiger partial charge in [0.05, 0.1) is 12.1 Å². The summed E-state index contributed by atoms with van der Waals surface area (Å²) in [5.41, 5.74) is 0. The van der Waals surface area contributed by atoms with Gasteiger partial charge in [-0.2, -0.15) is 0 Å². The summed E-state index contributed by atoms with van der Waals surface area (Å²) in [5.74, 6) is 0.0815. The quantitative estimate of drug-likeness (QED) is 0.677. The Balaban J connectivity index is 0.00000225. The summed E-state index contributed by atoms with van der Waals surface area (Å²) in [4.78, 5) is 11.6. The van der Waals surface area contributed by atoms with Gasteiger partial charge in [-0.25, -0.2) is 0 Å². The first-order chi connectivity index (χ1) is 7.24. The van der Waals surface area contributed by atoms with Gasteiger partial charge in [0.2, 0.25) is 5.91 Å². The Morgan fingerprint density at radius 1 is 1.56 bits per heavy atom. The molecule has 5 heteroatoms. The number of carbonyl (C=O) groups is 1. The number of hydrogen-bond donors (Lipinski definition) is 3. The van der Waals surface area contributed by atoms with E-state index in [0.717, 1.165) is 25.8 Å². The lowest BCUT2D eigenvalue weighted by Crippen LogP contribution is -2.47. The predicted molar refractivity (Wildman–Crippen MR) is 66.8 cm³/mol. The van der Waals surface area contributed by atoms with Crippen molar-refractivity contribution < 1.29 is 9.90 Å². The standard InChI is InChI=1S/C11H22N2O2.ClH/c1-2-9(14)6-8-13-11(15)10-5-3-4-7-12-10;/h9-10,12,14H,2-8H2,1H3,(H,13,15);1H. The molecule has 0 bridgehead atoms. The molecule has 1 aliphatic heterocycles. The van der Waals surface area contributed by atoms with Crippen LogP contribution in [0.25, 0.3) is 0 Å². The maximum Gasteiger partial charge on any atom is 0.237 e. The van der Waals surface area contributed by atoms with Gasteiger partial charge in [0.25, 0.3) is 0 Å². The Morgan fingerprint density at radius 2 is 2.31 bits per heavy atom. The van der Waals surface area contributed by atoms with E-state index in [0.29, 0.717) is 13.0 Å². The normalized spacial score (nSPS) is 22.0. The fourth-order valence-corrected chi connectivity index (χ4v) is 1.76. The van der Waals surface area contributed by atoms with Crippen molar-refractivity contribution in [2.75, 3.05) is 13.1 Å². The molecular weight excluding hydrogens is 228 g/mol. The molecule has 16 heavy (non-hydrogen) atoms. The van der Waals surface area contributed by atoms with Crippen LogP contribution in [0.4, 0.5) is 0 Å². The third-order valence-electron chi connectivity index (χ3n) is 2.87. The smallest absolute Gasteiger partial charge is 0.237 e. The van der Waals surface area contributed by atoms with Crippen LogP contribution in [0.3, 0.4) is 0 Å². The second-order valence-electron chi connectivity index (χ2n) is 4.14. The number of hydrogen-bond acceptors (Lipinski definition) is 3. The van der Waals surface area contributed by atoms with Crippen molar-refractivity contribution in [1.82, 2.24) is 10.6 Å². The van der Waals surface area contributed by atoms with Crippen LogP contribution >= 0.6 is 12.4 Å². The molecule has 0 aliphatic carbocycles. The second kappa shape index (κ2) is 8.79. The molecule has 1 heterocycles. The molecule has 2 atom stereocenters. The van der Waals surface area contributed by atoms with Crippen molar-refractivity contribution in [2.45, 2.75) is 51.2 Å². The molecule has 0 aromatic carbocycles. The van der Waals surface area contributed by atoms with Crippen LogP contribution < -0.4 is 10.6 Å². The van der Waals surface area contributed by atoms with Gasteiger partial charge in [0, 0.05) is 6.54 Å². The number of piperidine rings is 1. The van der Waals surface area contributed by atoms with Crippen molar-refractivity contribution >= 4 is 18.3 Å². The molecule has 1 saturated heterocycles. The summed E-state index contributed by atoms with van der Waals surface area (Å²) in [6.45, 7) is 3.46. The first-order valence-electron chi connectivity index (χ1n) is 5.93. The maximum absolute atomic E-state index is 11.6. The van der Waals surface area contributed by atoms with E-state index in [4.69, 9.17) is 0 Å². The average molecular weight is 251 g/mol. The third kappa shape index (κ3) is 5.68. The van der Waals surface area contributed by atoms with Crippen LogP contribution in [0, 0.1) is 0 Å². The second-order valence-corrected chi connectivity index (χ2v) is 4.14. The van der Waals surface area contributed by atoms with Gasteiger partial charge < -0.3 is 15.7 Å². The highest BCUT2D eigenvalue weighted by molar-refractivity contribution is 5.85. The van der Waals surface area contributed by atoms with Crippen LogP contribution in [0.5, 0.6) is 0 Å². The van der Waals surface area contributed by atoms with Crippen molar-refractivity contribution in [1.29, 1.82) is 0 Å². The first-order valence-corrected chi connectivity index (χ1v) is 5.93. The zero-order valence-electron chi connectivity index (χ0n) is 9.87. The minimum absolute atomic E-state index is 0. The van der Waals surface area contributed by atoms with E-state index >= 15 is 0 Å². The summed E-state index contributed by atoms with van der Waals surface area (Å²) in [5, 5.41) is 15.4. The monoisotopic (exact) mass is 250 g/mol. The molecule has 3 N–H and O–H groups in total. The Bertz CT molecular complexity index is 196. The zero-order chi connectivity index (χ0) is 11.1. The van der Waals surface area contributed by atoms with Gasteiger partial charge >= 0.3 is 0 Å². The third-order valence-corrected chi connectivity index (χ3v) is 2.87. The zero-order valence-corrected chi connectivity index (χ0v) is 10.7. The Kier molecular flexibility index (Phi) is 8.61. The molecule has 1 fully saturated rings. The van der Waals surface area contributed by atoms with Gasteiger partial charge in [-0.3, -0.25) is 4.79 Å². The first kappa shape index (κ1) is 15.7. The number of carbonyl (C=O) groups excluding carboxylic acids is 1. The highest BCUT2D eigenvalue weighted by atomic mass is 35.5. The van der Waals surface area contributed by atoms with Gasteiger partial charge in [0.1, 0.15) is 0 Å². The highest BCUT2D eigenvalue weighted by Gasteiger charge is 2.19. The van der Waals surface area contributed by atoms with Crippen LogP contribution in [0.1, 0.15) is 39.0 Å². The molecule has 1 aliphatic rings. The topological polar surface area (TPSA) is 61.4 Å². The largest absolute Gasteiger partial charge is 0.393 e. The molecular formula is C11H23ClN2O2. The minimum atomic E-state index is -0.287. The average Bonchev–Trinajstić information content (AvgIpc) is 2.29. The summed E-state index contributed by atoms with van der Waals surface area (Å²) in [6, 6.07) is -0.0162. The van der Waals surface area contributed by atoms with Gasteiger partial charge in [-0.05, 0) is 32.2 Å². The van der Waals surface area contributed by atoms with Crippen LogP contribution in [0.2, 0.25) is 0 Å². The van der Waals surface area contributed by atoms with Crippen molar-refractivity contribution in [3.05, 3.63) is 0 Å². The molecule has 96 valence electrons. The number of rotatable bonds is 5. The summed E-state index contributed by atoms with van der Waals surface area (Å²) >= 11 is 0. The van der Waals surface area contributed by atoms with E-state index in [1.54, 1.807) is 0 Å². The summed E-state index contributed by atoms with van der Waals surface area (Å²) in [6.07, 6.45) is 4.33. The number of nitrogens with one attached hydrogen (secondary N) is 2. The Labute approximate surface area is 104 Å². The Hall–Kier alpha value is -0.320. The van der Waals surface area contributed by atoms with Crippen molar-refractivity contribution in [3.63, 3.8) is 0 Å². The maximum atomic E-state index is 11.6. The number of aliphatic hydroxyl groups is 1. The fraction of sp³-hybridized carbons (Fsp3) is 0.909. The molecule has 1 amide bonds. The molecule has 4 nitrogen and oxygen atoms in total. The van der Waals surface area contributed by atoms with Crippen molar-refractivity contribution in [3.8, 4) is 0 Å². The fourth-order valence-electron chi connectivity index (χ4n) is 1.76. The van der Waals surface area contributed by atoms with Crippen molar-refractivity contribution in [2.24, 2.45) is 0 Å². The van der Waals surface area contributed by atoms with Gasteiger partial charge in [-0.1, -0.05) is 13.3 Å². The molecule has 0 radical (unpaired) electrons. The number of aliphatic hydroxyl groups excluding tert-OH is 1. The van der Waals surface area contributed by atoms with E-state index in [9.17, 15) is 9.90 Å². The molecule has 1 rings (SSSR count). The predicted octanol–water partition coefficient (Wildman–Crippen LogP) is 0.827. The molecule has 0 aromatic heterocycles. The minimum Gasteiger partial charge on any atom is -0.393 e. The van der Waals surface area contributed by atoms with Gasteiger partial charge in [-0.15, -0.1) is 12.4 Å². The lowest BCUT2D eigenvalue weighted by molar-refractivity contribution is -0.123. The summed E-state index contributed by atoms with van der Waals surface area (Å²) in [7, 11) is 0. The van der Waals surface area contributed by atoms with E-state index in [2.05, 4.69) is 10.6 Å². The van der Waals surface area contributed by atoms with E-state index in [-0.39, 0.29) is 30.5 Å². The summed E-state index contributed by atoms with van der Waals surface area (Å²) < 4.78 is 0.